The molecule has 1 atom stereocenters. The average Bonchev–Trinajstić information content (AvgIpc) is 2.96. The third kappa shape index (κ3) is 2.76. The first-order valence-corrected chi connectivity index (χ1v) is 6.87. The zero-order valence-electron chi connectivity index (χ0n) is 11.2. The molecule has 7 heteroatoms. The van der Waals surface area contributed by atoms with Crippen LogP contribution >= 0.6 is 11.3 Å². The van der Waals surface area contributed by atoms with E-state index in [-0.39, 0.29) is 11.9 Å². The van der Waals surface area contributed by atoms with E-state index in [2.05, 4.69) is 22.3 Å². The van der Waals surface area contributed by atoms with E-state index in [4.69, 9.17) is 5.73 Å². The van der Waals surface area contributed by atoms with Crippen LogP contribution in [0.3, 0.4) is 0 Å². The van der Waals surface area contributed by atoms with Crippen LogP contribution in [0.2, 0.25) is 0 Å². The summed E-state index contributed by atoms with van der Waals surface area (Å²) < 4.78 is 1.47. The summed E-state index contributed by atoms with van der Waals surface area (Å²) in [6.45, 7) is 3.99. The van der Waals surface area contributed by atoms with Gasteiger partial charge in [0.2, 0.25) is 0 Å². The Bertz CT molecular complexity index is 569. The summed E-state index contributed by atoms with van der Waals surface area (Å²) in [7, 11) is 1.69. The molecule has 0 radical (unpaired) electrons. The molecule has 0 saturated heterocycles. The second kappa shape index (κ2) is 5.40. The molecule has 19 heavy (non-hydrogen) atoms. The lowest BCUT2D eigenvalue weighted by molar-refractivity contribution is 0.0931. The molecule has 2 aromatic heterocycles. The fourth-order valence-corrected chi connectivity index (χ4v) is 2.61. The summed E-state index contributed by atoms with van der Waals surface area (Å²) in [5.41, 5.74) is 6.47. The first kappa shape index (κ1) is 13.5. The molecule has 0 aliphatic carbocycles. The number of aryl methyl sites for hydroxylation is 2. The molecular weight excluding hydrogens is 262 g/mol. The van der Waals surface area contributed by atoms with Gasteiger partial charge in [-0.25, -0.2) is 4.98 Å². The Morgan fingerprint density at radius 2 is 2.32 bits per heavy atom. The van der Waals surface area contributed by atoms with Crippen molar-refractivity contribution >= 4 is 22.9 Å². The van der Waals surface area contributed by atoms with Crippen molar-refractivity contribution in [2.45, 2.75) is 26.3 Å². The number of hydrogen-bond acceptors (Lipinski definition) is 5. The van der Waals surface area contributed by atoms with Crippen LogP contribution < -0.4 is 11.1 Å². The Balaban J connectivity index is 2.10. The van der Waals surface area contributed by atoms with Crippen molar-refractivity contribution in [1.82, 2.24) is 20.1 Å². The number of nitrogen functional groups attached to an aromatic ring is 1. The van der Waals surface area contributed by atoms with Gasteiger partial charge in [-0.15, -0.1) is 11.3 Å². The highest BCUT2D eigenvalue weighted by atomic mass is 32.1. The lowest BCUT2D eigenvalue weighted by Crippen LogP contribution is -2.29. The number of nitrogens with one attached hydrogen (secondary N) is 1. The standard InChI is InChI=1S/C12H17N5OS/c1-4-8-5-14-12(19-8)7(2)16-11(18)10-9(13)6-15-17(10)3/h5-7H,4,13H2,1-3H3,(H,16,18). The molecule has 102 valence electrons. The van der Waals surface area contributed by atoms with Crippen molar-refractivity contribution in [2.24, 2.45) is 7.05 Å². The largest absolute Gasteiger partial charge is 0.396 e. The molecule has 0 aromatic carbocycles. The number of aromatic nitrogens is 3. The predicted octanol–water partition coefficient (Wildman–Crippen LogP) is 1.51. The van der Waals surface area contributed by atoms with Gasteiger partial charge in [-0.2, -0.15) is 5.10 Å². The number of thiazole rings is 1. The van der Waals surface area contributed by atoms with Crippen LogP contribution in [0, 0.1) is 0 Å². The summed E-state index contributed by atoms with van der Waals surface area (Å²) >= 11 is 1.61. The first-order chi connectivity index (χ1) is 9.02. The van der Waals surface area contributed by atoms with E-state index in [0.29, 0.717) is 11.4 Å². The molecule has 0 aliphatic heterocycles. The highest BCUT2D eigenvalue weighted by Gasteiger charge is 2.19. The third-order valence-electron chi connectivity index (χ3n) is 2.82. The summed E-state index contributed by atoms with van der Waals surface area (Å²) in [5.74, 6) is -0.238. The van der Waals surface area contributed by atoms with Crippen molar-refractivity contribution in [2.75, 3.05) is 5.73 Å². The van der Waals surface area contributed by atoms with E-state index in [9.17, 15) is 4.79 Å². The zero-order valence-corrected chi connectivity index (χ0v) is 12.0. The second-order valence-electron chi connectivity index (χ2n) is 4.29. The Labute approximate surface area is 115 Å². The average molecular weight is 279 g/mol. The molecule has 2 rings (SSSR count). The van der Waals surface area contributed by atoms with E-state index in [1.807, 2.05) is 13.1 Å². The highest BCUT2D eigenvalue weighted by Crippen LogP contribution is 2.21. The monoisotopic (exact) mass is 279 g/mol. The molecule has 3 N–H and O–H groups in total. The zero-order chi connectivity index (χ0) is 14.0. The summed E-state index contributed by atoms with van der Waals surface area (Å²) in [6.07, 6.45) is 4.27. The molecule has 2 aromatic rings. The van der Waals surface area contributed by atoms with Crippen molar-refractivity contribution in [1.29, 1.82) is 0 Å². The maximum Gasteiger partial charge on any atom is 0.272 e. The number of nitrogens with two attached hydrogens (primary N) is 1. The lowest BCUT2D eigenvalue weighted by Gasteiger charge is -2.11. The highest BCUT2D eigenvalue weighted by molar-refractivity contribution is 7.11. The molecule has 0 saturated carbocycles. The number of carbonyl (C=O) groups is 1. The second-order valence-corrected chi connectivity index (χ2v) is 5.43. The number of anilines is 1. The van der Waals surface area contributed by atoms with Crippen molar-refractivity contribution < 1.29 is 4.79 Å². The van der Waals surface area contributed by atoms with Crippen LogP contribution in [-0.4, -0.2) is 20.7 Å². The molecule has 6 nitrogen and oxygen atoms in total. The summed E-state index contributed by atoms with van der Waals surface area (Å²) in [6, 6.07) is -0.146. The molecule has 0 fully saturated rings. The fourth-order valence-electron chi connectivity index (χ4n) is 1.75. The van der Waals surface area contributed by atoms with Crippen LogP contribution in [0.25, 0.3) is 0 Å². The van der Waals surface area contributed by atoms with Crippen molar-refractivity contribution in [3.05, 3.63) is 28.0 Å². The lowest BCUT2D eigenvalue weighted by atomic mass is 10.3. The number of hydrogen-bond donors (Lipinski definition) is 2. The Morgan fingerprint density at radius 3 is 2.84 bits per heavy atom. The molecule has 2 heterocycles. The minimum absolute atomic E-state index is 0.146. The molecule has 0 aliphatic rings. The SMILES string of the molecule is CCc1cnc(C(C)NC(=O)c2c(N)cnn2C)s1. The van der Waals surface area contributed by atoms with E-state index in [1.54, 1.807) is 18.4 Å². The smallest absolute Gasteiger partial charge is 0.272 e. The van der Waals surface area contributed by atoms with Gasteiger partial charge in [-0.3, -0.25) is 9.48 Å². The summed E-state index contributed by atoms with van der Waals surface area (Å²) in [5, 5.41) is 7.73. The summed E-state index contributed by atoms with van der Waals surface area (Å²) in [4.78, 5) is 17.7. The van der Waals surface area contributed by atoms with Gasteiger partial charge < -0.3 is 11.1 Å². The van der Waals surface area contributed by atoms with Gasteiger partial charge in [0, 0.05) is 18.1 Å². The van der Waals surface area contributed by atoms with Gasteiger partial charge in [-0.1, -0.05) is 6.92 Å². The quantitative estimate of drug-likeness (QED) is 0.888. The van der Waals surface area contributed by atoms with E-state index in [0.717, 1.165) is 11.4 Å². The van der Waals surface area contributed by atoms with E-state index < -0.39 is 0 Å². The maximum absolute atomic E-state index is 12.1. The van der Waals surface area contributed by atoms with Gasteiger partial charge in [-0.05, 0) is 13.3 Å². The van der Waals surface area contributed by atoms with E-state index in [1.165, 1.54) is 15.8 Å². The number of nitrogens with zero attached hydrogens (tertiary/aromatic N) is 3. The molecular formula is C12H17N5OS. The van der Waals surface area contributed by atoms with Crippen LogP contribution in [0.5, 0.6) is 0 Å². The normalized spacial score (nSPS) is 12.4. The molecule has 1 unspecified atom stereocenters. The molecule has 0 spiro atoms. The van der Waals surface area contributed by atoms with Gasteiger partial charge >= 0.3 is 0 Å². The van der Waals surface area contributed by atoms with Crippen LogP contribution in [0.4, 0.5) is 5.69 Å². The van der Waals surface area contributed by atoms with Gasteiger partial charge in [0.1, 0.15) is 10.7 Å². The van der Waals surface area contributed by atoms with Gasteiger partial charge in [0.05, 0.1) is 17.9 Å². The van der Waals surface area contributed by atoms with Gasteiger partial charge in [0.15, 0.2) is 0 Å². The minimum Gasteiger partial charge on any atom is -0.396 e. The van der Waals surface area contributed by atoms with Crippen molar-refractivity contribution in [3.8, 4) is 0 Å². The molecule has 0 bridgehead atoms. The number of carbonyl (C=O) groups excluding carboxylic acids is 1. The number of amides is 1. The fraction of sp³-hybridized carbons (Fsp3) is 0.417. The van der Waals surface area contributed by atoms with E-state index >= 15 is 0 Å². The van der Waals surface area contributed by atoms with Crippen LogP contribution in [0.1, 0.15) is 40.3 Å². The third-order valence-corrected chi connectivity index (χ3v) is 4.14. The Hall–Kier alpha value is -1.89. The molecule has 1 amide bonds. The predicted molar refractivity (Wildman–Crippen MR) is 75.0 cm³/mol. The Kier molecular flexibility index (Phi) is 3.84. The number of rotatable bonds is 4. The first-order valence-electron chi connectivity index (χ1n) is 6.05. The minimum atomic E-state index is -0.238. The topological polar surface area (TPSA) is 85.8 Å². The van der Waals surface area contributed by atoms with Crippen molar-refractivity contribution in [3.63, 3.8) is 0 Å². The van der Waals surface area contributed by atoms with Crippen LogP contribution in [0.15, 0.2) is 12.4 Å². The van der Waals surface area contributed by atoms with Gasteiger partial charge in [0.25, 0.3) is 5.91 Å². The van der Waals surface area contributed by atoms with Crippen LogP contribution in [-0.2, 0) is 13.5 Å². The Morgan fingerprint density at radius 1 is 1.58 bits per heavy atom. The maximum atomic E-state index is 12.1.